The summed E-state index contributed by atoms with van der Waals surface area (Å²) >= 11 is 12.0. The first-order valence-corrected chi connectivity index (χ1v) is 9.36. The molecule has 0 atom stereocenters. The Morgan fingerprint density at radius 3 is 2.48 bits per heavy atom. The van der Waals surface area contributed by atoms with Gasteiger partial charge in [-0.2, -0.15) is 5.10 Å². The van der Waals surface area contributed by atoms with Crippen LogP contribution in [0.2, 0.25) is 10.0 Å². The topological polar surface area (TPSA) is 83.7 Å². The van der Waals surface area contributed by atoms with Gasteiger partial charge in [0.1, 0.15) is 5.76 Å². The van der Waals surface area contributed by atoms with Crippen molar-refractivity contribution in [3.8, 4) is 0 Å². The van der Waals surface area contributed by atoms with Crippen molar-refractivity contribution in [1.82, 2.24) is 5.43 Å². The van der Waals surface area contributed by atoms with Crippen LogP contribution in [0.4, 0.5) is 5.69 Å². The van der Waals surface area contributed by atoms with E-state index in [9.17, 15) is 9.59 Å². The van der Waals surface area contributed by atoms with Gasteiger partial charge in [0.2, 0.25) is 0 Å². The highest BCUT2D eigenvalue weighted by Crippen LogP contribution is 2.22. The predicted molar refractivity (Wildman–Crippen MR) is 114 cm³/mol. The lowest BCUT2D eigenvalue weighted by Crippen LogP contribution is -2.19. The lowest BCUT2D eigenvalue weighted by molar-refractivity contribution is 0.0952. The normalized spacial score (nSPS) is 11.2. The molecule has 0 radical (unpaired) electrons. The number of hydrogen-bond donors (Lipinski definition) is 2. The van der Waals surface area contributed by atoms with E-state index in [0.29, 0.717) is 33.3 Å². The zero-order valence-electron chi connectivity index (χ0n) is 15.6. The molecule has 3 aromatic rings. The van der Waals surface area contributed by atoms with Gasteiger partial charge in [0.25, 0.3) is 11.8 Å². The molecule has 0 unspecified atom stereocenters. The number of rotatable bonds is 5. The number of carbonyl (C=O) groups excluding carboxylic acids is 2. The number of carbonyl (C=O) groups is 2. The molecule has 3 rings (SSSR count). The second-order valence-electron chi connectivity index (χ2n) is 6.19. The minimum atomic E-state index is -0.363. The van der Waals surface area contributed by atoms with Gasteiger partial charge in [0.15, 0.2) is 0 Å². The largest absolute Gasteiger partial charge is 0.469 e. The Morgan fingerprint density at radius 2 is 1.79 bits per heavy atom. The highest BCUT2D eigenvalue weighted by Gasteiger charge is 2.13. The molecule has 0 saturated heterocycles. The van der Waals surface area contributed by atoms with E-state index in [1.807, 2.05) is 6.07 Å². The average Bonchev–Trinajstić information content (AvgIpc) is 3.12. The van der Waals surface area contributed by atoms with Gasteiger partial charge in [0, 0.05) is 10.7 Å². The maximum atomic E-state index is 12.5. The molecule has 6 nitrogen and oxygen atoms in total. The van der Waals surface area contributed by atoms with Crippen LogP contribution in [0.3, 0.4) is 0 Å². The summed E-state index contributed by atoms with van der Waals surface area (Å²) in [6.07, 6.45) is 1.44. The summed E-state index contributed by atoms with van der Waals surface area (Å²) in [4.78, 5) is 24.6. The Hall–Kier alpha value is -3.09. The molecule has 1 aromatic heterocycles. The van der Waals surface area contributed by atoms with Crippen LogP contribution in [0.15, 0.2) is 64.3 Å². The Balaban J connectivity index is 1.72. The number of nitrogens with one attached hydrogen (secondary N) is 2. The molecule has 0 fully saturated rings. The summed E-state index contributed by atoms with van der Waals surface area (Å²) < 4.78 is 5.11. The van der Waals surface area contributed by atoms with Crippen LogP contribution >= 0.6 is 23.2 Å². The van der Waals surface area contributed by atoms with Crippen molar-refractivity contribution >= 4 is 46.4 Å². The molecule has 1 heterocycles. The van der Waals surface area contributed by atoms with E-state index in [-0.39, 0.29) is 16.8 Å². The van der Waals surface area contributed by atoms with Gasteiger partial charge in [-0.15, -0.1) is 0 Å². The van der Waals surface area contributed by atoms with E-state index in [1.54, 1.807) is 50.2 Å². The molecule has 2 amide bonds. The van der Waals surface area contributed by atoms with Crippen LogP contribution in [0.5, 0.6) is 0 Å². The highest BCUT2D eigenvalue weighted by molar-refractivity contribution is 6.37. The molecular formula is C21H17Cl2N3O3. The van der Waals surface area contributed by atoms with Gasteiger partial charge < -0.3 is 9.73 Å². The van der Waals surface area contributed by atoms with Crippen molar-refractivity contribution in [3.63, 3.8) is 0 Å². The van der Waals surface area contributed by atoms with E-state index in [4.69, 9.17) is 27.6 Å². The molecule has 0 aliphatic heterocycles. The molecule has 8 heteroatoms. The Bertz CT molecular complexity index is 1110. The van der Waals surface area contributed by atoms with Crippen molar-refractivity contribution in [3.05, 3.63) is 87.3 Å². The van der Waals surface area contributed by atoms with Crippen LogP contribution in [0.25, 0.3) is 0 Å². The van der Waals surface area contributed by atoms with Gasteiger partial charge in [-0.25, -0.2) is 5.43 Å². The second kappa shape index (κ2) is 8.94. The Morgan fingerprint density at radius 1 is 1.00 bits per heavy atom. The monoisotopic (exact) mass is 429 g/mol. The summed E-state index contributed by atoms with van der Waals surface area (Å²) in [6.45, 7) is 3.45. The molecule has 2 aromatic carbocycles. The molecule has 2 N–H and O–H groups in total. The fraction of sp³-hybridized carbons (Fsp3) is 0.0952. The van der Waals surface area contributed by atoms with Crippen LogP contribution < -0.4 is 10.7 Å². The molecule has 0 spiro atoms. The zero-order chi connectivity index (χ0) is 21.0. The maximum Gasteiger partial charge on any atom is 0.274 e. The first-order chi connectivity index (χ1) is 13.8. The van der Waals surface area contributed by atoms with Crippen LogP contribution in [-0.2, 0) is 0 Å². The molecule has 0 aliphatic carbocycles. The number of nitrogens with zero attached hydrogens (tertiary/aromatic N) is 1. The summed E-state index contributed by atoms with van der Waals surface area (Å²) in [6, 6.07) is 13.3. The Labute approximate surface area is 177 Å². The third-order valence-corrected chi connectivity index (χ3v) is 4.69. The van der Waals surface area contributed by atoms with Crippen LogP contribution in [0, 0.1) is 6.92 Å². The Kier molecular flexibility index (Phi) is 6.36. The van der Waals surface area contributed by atoms with Gasteiger partial charge in [0.05, 0.1) is 28.1 Å². The smallest absolute Gasteiger partial charge is 0.274 e. The van der Waals surface area contributed by atoms with Gasteiger partial charge in [-0.05, 0) is 55.8 Å². The number of halogens is 2. The molecule has 0 bridgehead atoms. The minimum Gasteiger partial charge on any atom is -0.469 e. The fourth-order valence-corrected chi connectivity index (χ4v) is 3.07. The van der Waals surface area contributed by atoms with Crippen molar-refractivity contribution in [2.24, 2.45) is 5.10 Å². The van der Waals surface area contributed by atoms with E-state index >= 15 is 0 Å². The van der Waals surface area contributed by atoms with Crippen LogP contribution in [-0.4, -0.2) is 17.5 Å². The SMILES string of the molecule is C/C(=N/NC(=O)c1ccoc1C)c1cccc(NC(=O)c2ccc(Cl)cc2Cl)c1. The van der Waals surface area contributed by atoms with Crippen molar-refractivity contribution < 1.29 is 14.0 Å². The van der Waals surface area contributed by atoms with Crippen LogP contribution in [0.1, 0.15) is 39.0 Å². The second-order valence-corrected chi connectivity index (χ2v) is 7.03. The number of hydrazone groups is 1. The maximum absolute atomic E-state index is 12.5. The molecule has 0 aliphatic rings. The van der Waals surface area contributed by atoms with E-state index in [2.05, 4.69) is 15.8 Å². The van der Waals surface area contributed by atoms with Gasteiger partial charge in [-0.3, -0.25) is 9.59 Å². The molecule has 148 valence electrons. The summed E-state index contributed by atoms with van der Waals surface area (Å²) in [5.74, 6) is -0.208. The predicted octanol–water partition coefficient (Wildman–Crippen LogP) is 5.30. The summed E-state index contributed by atoms with van der Waals surface area (Å²) in [5.41, 5.74) is 5.09. The molecule has 29 heavy (non-hydrogen) atoms. The highest BCUT2D eigenvalue weighted by atomic mass is 35.5. The van der Waals surface area contributed by atoms with Crippen molar-refractivity contribution in [1.29, 1.82) is 0 Å². The van der Waals surface area contributed by atoms with Crippen molar-refractivity contribution in [2.75, 3.05) is 5.32 Å². The number of benzene rings is 2. The minimum absolute atomic E-state index is 0.265. The number of hydrogen-bond acceptors (Lipinski definition) is 4. The zero-order valence-corrected chi connectivity index (χ0v) is 17.1. The standard InChI is InChI=1S/C21H17Cl2N3O3/c1-12(25-26-21(28)17-8-9-29-13(17)2)14-4-3-5-16(10-14)24-20(27)18-7-6-15(22)11-19(18)23/h3-11H,1-2H3,(H,24,27)(H,26,28)/b25-12-. The van der Waals surface area contributed by atoms with E-state index < -0.39 is 0 Å². The molecular weight excluding hydrogens is 413 g/mol. The summed E-state index contributed by atoms with van der Waals surface area (Å²) in [5, 5.41) is 7.62. The lowest BCUT2D eigenvalue weighted by atomic mass is 10.1. The van der Waals surface area contributed by atoms with Crippen molar-refractivity contribution in [2.45, 2.75) is 13.8 Å². The molecule has 0 saturated carbocycles. The van der Waals surface area contributed by atoms with Gasteiger partial charge >= 0.3 is 0 Å². The average molecular weight is 430 g/mol. The third-order valence-electron chi connectivity index (χ3n) is 4.14. The van der Waals surface area contributed by atoms with Gasteiger partial charge in [-0.1, -0.05) is 35.3 Å². The number of amides is 2. The number of aryl methyl sites for hydroxylation is 1. The summed E-state index contributed by atoms with van der Waals surface area (Å²) in [7, 11) is 0. The van der Waals surface area contributed by atoms with E-state index in [0.717, 1.165) is 5.56 Å². The number of anilines is 1. The first-order valence-electron chi connectivity index (χ1n) is 8.60. The lowest BCUT2D eigenvalue weighted by Gasteiger charge is -2.09. The number of furan rings is 1. The van der Waals surface area contributed by atoms with E-state index in [1.165, 1.54) is 12.3 Å². The fourth-order valence-electron chi connectivity index (χ4n) is 2.57. The quantitative estimate of drug-likeness (QED) is 0.426. The first kappa shape index (κ1) is 20.6. The third kappa shape index (κ3) is 5.04.